The maximum Gasteiger partial charge on any atom is 0.414 e. The molecule has 0 saturated carbocycles. The highest BCUT2D eigenvalue weighted by Crippen LogP contribution is 2.31. The fourth-order valence-corrected chi connectivity index (χ4v) is 2.27. The maximum absolute atomic E-state index is 12.1. The highest BCUT2D eigenvalue weighted by atomic mass is 19.4. The number of fused-ring (bicyclic) bond motifs is 1. The Bertz CT molecular complexity index is 541. The summed E-state index contributed by atoms with van der Waals surface area (Å²) in [4.78, 5) is 11.9. The number of hydrogen-bond acceptors (Lipinski definition) is 3. The van der Waals surface area contributed by atoms with E-state index in [-0.39, 0.29) is 6.54 Å². The lowest BCUT2D eigenvalue weighted by Gasteiger charge is -2.15. The van der Waals surface area contributed by atoms with Gasteiger partial charge in [0, 0.05) is 13.0 Å². The molecule has 1 heterocycles. The summed E-state index contributed by atoms with van der Waals surface area (Å²) in [5, 5.41) is 11.2. The Morgan fingerprint density at radius 2 is 2.05 bits per heavy atom. The van der Waals surface area contributed by atoms with Crippen molar-refractivity contribution in [3.8, 4) is 5.75 Å². The van der Waals surface area contributed by atoms with Crippen molar-refractivity contribution in [2.75, 3.05) is 6.54 Å². The lowest BCUT2D eigenvalue weighted by molar-refractivity contribution is -0.205. The van der Waals surface area contributed by atoms with Crippen LogP contribution in [0.25, 0.3) is 0 Å². The minimum Gasteiger partial charge on any atom is -0.480 e. The van der Waals surface area contributed by atoms with Crippen molar-refractivity contribution in [2.45, 2.75) is 45.1 Å². The molecule has 0 aromatic heterocycles. The molecule has 0 radical (unpaired) electrons. The SMILES string of the molecule is Cc1cc2c(cc1C)O[C@@H](C(=O)NCC[C@@H](O)C(F)(F)F)C2. The van der Waals surface area contributed by atoms with Crippen molar-refractivity contribution >= 4 is 5.91 Å². The van der Waals surface area contributed by atoms with Crippen LogP contribution in [0.1, 0.15) is 23.1 Å². The van der Waals surface area contributed by atoms with Gasteiger partial charge in [-0.1, -0.05) is 6.07 Å². The Balaban J connectivity index is 1.86. The van der Waals surface area contributed by atoms with Gasteiger partial charge in [-0.25, -0.2) is 0 Å². The zero-order valence-corrected chi connectivity index (χ0v) is 12.3. The monoisotopic (exact) mass is 317 g/mol. The molecule has 0 aliphatic carbocycles. The summed E-state index contributed by atoms with van der Waals surface area (Å²) in [6.07, 6.45) is -8.02. The fourth-order valence-electron chi connectivity index (χ4n) is 2.27. The maximum atomic E-state index is 12.1. The van der Waals surface area contributed by atoms with Crippen LogP contribution >= 0.6 is 0 Å². The molecule has 22 heavy (non-hydrogen) atoms. The number of benzene rings is 1. The molecular weight excluding hydrogens is 299 g/mol. The lowest BCUT2D eigenvalue weighted by atomic mass is 10.0. The van der Waals surface area contributed by atoms with Gasteiger partial charge in [0.15, 0.2) is 12.2 Å². The van der Waals surface area contributed by atoms with Crippen LogP contribution in [-0.2, 0) is 11.2 Å². The standard InChI is InChI=1S/C15H18F3NO3/c1-8-5-10-7-12(22-11(10)6-9(8)2)14(21)19-4-3-13(20)15(16,17)18/h5-6,12-13,20H,3-4,7H2,1-2H3,(H,19,21)/t12-,13-/m1/s1. The second-order valence-corrected chi connectivity index (χ2v) is 5.49. The van der Waals surface area contributed by atoms with Gasteiger partial charge >= 0.3 is 6.18 Å². The van der Waals surface area contributed by atoms with Crippen LogP contribution in [-0.4, -0.2) is 35.9 Å². The Morgan fingerprint density at radius 3 is 2.68 bits per heavy atom. The summed E-state index contributed by atoms with van der Waals surface area (Å²) in [5.74, 6) is 0.166. The van der Waals surface area contributed by atoms with Gasteiger partial charge in [0.25, 0.3) is 5.91 Å². The number of carbonyl (C=O) groups is 1. The van der Waals surface area contributed by atoms with E-state index in [1.807, 2.05) is 26.0 Å². The zero-order chi connectivity index (χ0) is 16.5. The Kier molecular flexibility index (Phi) is 4.65. The molecule has 122 valence electrons. The number of alkyl halides is 3. The van der Waals surface area contributed by atoms with Crippen LogP contribution in [0.5, 0.6) is 5.75 Å². The van der Waals surface area contributed by atoms with E-state index in [0.29, 0.717) is 12.2 Å². The minimum atomic E-state index is -4.67. The average molecular weight is 317 g/mol. The van der Waals surface area contributed by atoms with Crippen molar-refractivity contribution in [1.29, 1.82) is 0 Å². The number of carbonyl (C=O) groups excluding carboxylic acids is 1. The average Bonchev–Trinajstić information content (AvgIpc) is 2.80. The van der Waals surface area contributed by atoms with Crippen molar-refractivity contribution in [1.82, 2.24) is 5.32 Å². The third-order valence-electron chi connectivity index (χ3n) is 3.74. The molecule has 1 aromatic carbocycles. The number of ether oxygens (including phenoxy) is 1. The van der Waals surface area contributed by atoms with E-state index < -0.39 is 30.7 Å². The van der Waals surface area contributed by atoms with E-state index in [1.165, 1.54) is 0 Å². The number of hydrogen-bond donors (Lipinski definition) is 2. The lowest BCUT2D eigenvalue weighted by Crippen LogP contribution is -2.40. The minimum absolute atomic E-state index is 0.256. The summed E-state index contributed by atoms with van der Waals surface area (Å²) in [7, 11) is 0. The van der Waals surface area contributed by atoms with E-state index in [1.54, 1.807) is 0 Å². The third-order valence-corrected chi connectivity index (χ3v) is 3.74. The molecule has 1 aromatic rings. The van der Waals surface area contributed by atoms with Gasteiger partial charge in [0.05, 0.1) is 0 Å². The molecule has 1 amide bonds. The quantitative estimate of drug-likeness (QED) is 0.893. The first-order valence-electron chi connectivity index (χ1n) is 6.97. The summed E-state index contributed by atoms with van der Waals surface area (Å²) < 4.78 is 42.0. The smallest absolute Gasteiger partial charge is 0.414 e. The van der Waals surface area contributed by atoms with Gasteiger partial charge in [-0.05, 0) is 43.0 Å². The van der Waals surface area contributed by atoms with E-state index in [4.69, 9.17) is 9.84 Å². The molecule has 2 rings (SSSR count). The molecule has 0 fully saturated rings. The van der Waals surface area contributed by atoms with Gasteiger partial charge in [-0.15, -0.1) is 0 Å². The molecule has 4 nitrogen and oxygen atoms in total. The summed E-state index contributed by atoms with van der Waals surface area (Å²) >= 11 is 0. The highest BCUT2D eigenvalue weighted by molar-refractivity contribution is 5.82. The number of rotatable bonds is 4. The van der Waals surface area contributed by atoms with Gasteiger partial charge in [-0.3, -0.25) is 4.79 Å². The number of nitrogens with one attached hydrogen (secondary N) is 1. The largest absolute Gasteiger partial charge is 0.480 e. The van der Waals surface area contributed by atoms with Crippen molar-refractivity contribution in [3.05, 3.63) is 28.8 Å². The first kappa shape index (κ1) is 16.6. The van der Waals surface area contributed by atoms with Crippen LogP contribution in [0.2, 0.25) is 0 Å². The van der Waals surface area contributed by atoms with Crippen LogP contribution in [0.3, 0.4) is 0 Å². The molecule has 1 aliphatic heterocycles. The molecule has 1 aliphatic rings. The number of aliphatic hydroxyl groups excluding tert-OH is 1. The first-order chi connectivity index (χ1) is 10.2. The molecule has 2 N–H and O–H groups in total. The second-order valence-electron chi connectivity index (χ2n) is 5.49. The van der Waals surface area contributed by atoms with Crippen molar-refractivity contribution in [2.24, 2.45) is 0 Å². The van der Waals surface area contributed by atoms with Gasteiger partial charge < -0.3 is 15.2 Å². The molecule has 2 atom stereocenters. The number of aliphatic hydroxyl groups is 1. The molecule has 0 bridgehead atoms. The van der Waals surface area contributed by atoms with Crippen LogP contribution in [0.15, 0.2) is 12.1 Å². The number of amides is 1. The summed E-state index contributed by atoms with van der Waals surface area (Å²) in [5.41, 5.74) is 3.06. The Morgan fingerprint density at radius 1 is 1.41 bits per heavy atom. The second kappa shape index (κ2) is 6.16. The summed E-state index contributed by atoms with van der Waals surface area (Å²) in [6.45, 7) is 3.64. The molecule has 7 heteroatoms. The van der Waals surface area contributed by atoms with Crippen LogP contribution in [0.4, 0.5) is 13.2 Å². The summed E-state index contributed by atoms with van der Waals surface area (Å²) in [6, 6.07) is 3.80. The molecule has 0 spiro atoms. The number of halogens is 3. The van der Waals surface area contributed by atoms with Gasteiger partial charge in [0.2, 0.25) is 0 Å². The topological polar surface area (TPSA) is 58.6 Å². The van der Waals surface area contributed by atoms with E-state index in [0.717, 1.165) is 16.7 Å². The fraction of sp³-hybridized carbons (Fsp3) is 0.533. The van der Waals surface area contributed by atoms with Gasteiger partial charge in [0.1, 0.15) is 5.75 Å². The van der Waals surface area contributed by atoms with Crippen LogP contribution in [0, 0.1) is 13.8 Å². The Hall–Kier alpha value is -1.76. The van der Waals surface area contributed by atoms with Crippen molar-refractivity contribution in [3.63, 3.8) is 0 Å². The first-order valence-corrected chi connectivity index (χ1v) is 6.97. The normalized spacial score (nSPS) is 18.5. The predicted octanol–water partition coefficient (Wildman–Crippen LogP) is 2.04. The Labute approximate surface area is 126 Å². The molecular formula is C15H18F3NO3. The molecule has 0 unspecified atom stereocenters. The molecule has 0 saturated heterocycles. The zero-order valence-electron chi connectivity index (χ0n) is 12.3. The van der Waals surface area contributed by atoms with E-state index in [9.17, 15) is 18.0 Å². The predicted molar refractivity (Wildman–Crippen MR) is 73.7 cm³/mol. The van der Waals surface area contributed by atoms with Gasteiger partial charge in [-0.2, -0.15) is 13.2 Å². The highest BCUT2D eigenvalue weighted by Gasteiger charge is 2.38. The van der Waals surface area contributed by atoms with E-state index in [2.05, 4.69) is 5.32 Å². The number of aryl methyl sites for hydroxylation is 2. The van der Waals surface area contributed by atoms with E-state index >= 15 is 0 Å². The van der Waals surface area contributed by atoms with Crippen molar-refractivity contribution < 1.29 is 27.8 Å². The van der Waals surface area contributed by atoms with Crippen LogP contribution < -0.4 is 10.1 Å². The third kappa shape index (κ3) is 3.71.